The normalized spacial score (nSPS) is 11.4. The first-order chi connectivity index (χ1) is 15.6. The van der Waals surface area contributed by atoms with Crippen molar-refractivity contribution in [3.8, 4) is 0 Å². The predicted octanol–water partition coefficient (Wildman–Crippen LogP) is 5.69. The molecule has 0 aliphatic heterocycles. The van der Waals surface area contributed by atoms with Crippen LogP contribution in [0.25, 0.3) is 4.91 Å². The third-order valence-electron chi connectivity index (χ3n) is 4.24. The van der Waals surface area contributed by atoms with E-state index in [1.807, 2.05) is 61.5 Å². The second-order valence-corrected chi connectivity index (χ2v) is 8.76. The lowest BCUT2D eigenvalue weighted by Gasteiger charge is -2.13. The van der Waals surface area contributed by atoms with Crippen molar-refractivity contribution in [1.29, 1.82) is 0 Å². The Labute approximate surface area is 201 Å². The Balaban J connectivity index is 1.66. The van der Waals surface area contributed by atoms with Crippen LogP contribution in [-0.4, -0.2) is 28.5 Å². The number of hydrogen-bond acceptors (Lipinski definition) is 7. The molecule has 164 valence electrons. The molecule has 1 aromatic carbocycles. The van der Waals surface area contributed by atoms with Crippen molar-refractivity contribution in [1.82, 2.24) is 15.3 Å². The average Bonchev–Trinajstić information content (AvgIpc) is 2.82. The molecule has 0 radical (unpaired) electrons. The van der Waals surface area contributed by atoms with E-state index in [9.17, 15) is 4.79 Å². The maximum absolute atomic E-state index is 12.2. The minimum Gasteiger partial charge on any atom is -0.346 e. The molecule has 2 heterocycles. The lowest BCUT2D eigenvalue weighted by molar-refractivity contribution is -0.120. The number of amides is 1. The summed E-state index contributed by atoms with van der Waals surface area (Å²) < 4.78 is 3.25. The van der Waals surface area contributed by atoms with Gasteiger partial charge in [-0.25, -0.2) is 4.98 Å². The number of rotatable bonds is 10. The van der Waals surface area contributed by atoms with Crippen LogP contribution in [0.15, 0.2) is 82.6 Å². The summed E-state index contributed by atoms with van der Waals surface area (Å²) in [7, 11) is 0. The molecule has 0 fully saturated rings. The molecule has 1 amide bonds. The van der Waals surface area contributed by atoms with Gasteiger partial charge in [0.25, 0.3) is 0 Å². The molecule has 9 heteroatoms. The van der Waals surface area contributed by atoms with E-state index in [0.717, 1.165) is 26.8 Å². The molecule has 6 nitrogen and oxygen atoms in total. The lowest BCUT2D eigenvalue weighted by Crippen LogP contribution is -2.25. The summed E-state index contributed by atoms with van der Waals surface area (Å²) in [6, 6.07) is 17.3. The summed E-state index contributed by atoms with van der Waals surface area (Å²) in [6.07, 6.45) is 3.59. The van der Waals surface area contributed by atoms with Crippen molar-refractivity contribution in [2.45, 2.75) is 18.2 Å². The second kappa shape index (κ2) is 12.3. The third kappa shape index (κ3) is 7.12. The van der Waals surface area contributed by atoms with Crippen LogP contribution < -0.4 is 10.0 Å². The Bertz CT molecular complexity index is 1090. The fraction of sp³-hybridized carbons (Fsp3) is 0.130. The van der Waals surface area contributed by atoms with Crippen LogP contribution in [0.4, 0.5) is 5.69 Å². The smallest absolute Gasteiger partial charge is 0.226 e. The number of nitrogens with zero attached hydrogens (tertiary/aromatic N) is 3. The monoisotopic (exact) mass is 483 g/mol. The first-order valence-corrected chi connectivity index (χ1v) is 11.9. The second-order valence-electron chi connectivity index (χ2n) is 6.54. The average molecular weight is 484 g/mol. The maximum Gasteiger partial charge on any atom is 0.226 e. The van der Waals surface area contributed by atoms with Gasteiger partial charge >= 0.3 is 0 Å². The number of aromatic nitrogens is 2. The van der Waals surface area contributed by atoms with Gasteiger partial charge in [0.2, 0.25) is 5.91 Å². The molecule has 3 rings (SSSR count). The fourth-order valence-corrected chi connectivity index (χ4v) is 4.45. The number of hydrogen-bond donors (Lipinski definition) is 2. The van der Waals surface area contributed by atoms with Gasteiger partial charge in [0.1, 0.15) is 0 Å². The first kappa shape index (κ1) is 23.8. The number of carbonyl (C=O) groups excluding carboxylic acids is 1. The van der Waals surface area contributed by atoms with Crippen LogP contribution in [0.3, 0.4) is 0 Å². The lowest BCUT2D eigenvalue weighted by atomic mass is 10.2. The number of thioether (sulfide) groups is 1. The van der Waals surface area contributed by atoms with Gasteiger partial charge in [-0.3, -0.25) is 14.8 Å². The van der Waals surface area contributed by atoms with Gasteiger partial charge < -0.3 is 10.0 Å². The molecule has 2 aromatic heterocycles. The van der Waals surface area contributed by atoms with E-state index in [2.05, 4.69) is 31.7 Å². The van der Waals surface area contributed by atoms with E-state index < -0.39 is 0 Å². The Morgan fingerprint density at radius 1 is 1.16 bits per heavy atom. The number of carbonyl (C=O) groups is 1. The molecular weight excluding hydrogens is 462 g/mol. The molecule has 0 saturated carbocycles. The minimum atomic E-state index is -0.101. The number of aliphatic imine (C=N–C) groups is 1. The molecule has 0 atom stereocenters. The van der Waals surface area contributed by atoms with Crippen molar-refractivity contribution in [3.05, 3.63) is 89.1 Å². The van der Waals surface area contributed by atoms with Crippen LogP contribution >= 0.6 is 35.3 Å². The third-order valence-corrected chi connectivity index (χ3v) is 6.48. The SMILES string of the molecule is C=N/C(C)=C(\SCNC(=O)Cc1ccccn1)c1cnc(Cl)c(NSc2ccccc2)c1. The van der Waals surface area contributed by atoms with Gasteiger partial charge in [0, 0.05) is 33.5 Å². The fourth-order valence-electron chi connectivity index (χ4n) is 2.63. The van der Waals surface area contributed by atoms with Crippen molar-refractivity contribution in [2.75, 3.05) is 10.6 Å². The van der Waals surface area contributed by atoms with Crippen LogP contribution in [0.2, 0.25) is 5.15 Å². The number of allylic oxidation sites excluding steroid dienone is 1. The molecular formula is C23H22ClN5OS2. The van der Waals surface area contributed by atoms with E-state index in [1.54, 1.807) is 12.4 Å². The van der Waals surface area contributed by atoms with Gasteiger partial charge in [-0.05, 0) is 55.9 Å². The Morgan fingerprint density at radius 3 is 2.66 bits per heavy atom. The van der Waals surface area contributed by atoms with Crippen LogP contribution in [0, 0.1) is 0 Å². The molecule has 0 saturated heterocycles. The largest absolute Gasteiger partial charge is 0.346 e. The molecule has 0 aliphatic carbocycles. The van der Waals surface area contributed by atoms with Crippen molar-refractivity contribution < 1.29 is 4.79 Å². The first-order valence-electron chi connectivity index (χ1n) is 9.67. The summed E-state index contributed by atoms with van der Waals surface area (Å²) in [6.45, 7) is 5.51. The zero-order chi connectivity index (χ0) is 22.8. The van der Waals surface area contributed by atoms with Crippen molar-refractivity contribution in [2.24, 2.45) is 4.99 Å². The molecule has 0 aliphatic rings. The number of pyridine rings is 2. The number of anilines is 1. The highest BCUT2D eigenvalue weighted by Crippen LogP contribution is 2.34. The molecule has 0 spiro atoms. The topological polar surface area (TPSA) is 79.3 Å². The van der Waals surface area contributed by atoms with Gasteiger partial charge in [0.15, 0.2) is 5.15 Å². The highest BCUT2D eigenvalue weighted by molar-refractivity contribution is 8.08. The Hall–Kier alpha value is -2.81. The number of benzene rings is 1. The van der Waals surface area contributed by atoms with E-state index >= 15 is 0 Å². The Morgan fingerprint density at radius 2 is 1.94 bits per heavy atom. The van der Waals surface area contributed by atoms with E-state index in [4.69, 9.17) is 11.6 Å². The van der Waals surface area contributed by atoms with Gasteiger partial charge in [-0.15, -0.1) is 11.8 Å². The summed E-state index contributed by atoms with van der Waals surface area (Å²) in [5, 5.41) is 3.27. The highest BCUT2D eigenvalue weighted by Gasteiger charge is 2.12. The minimum absolute atomic E-state index is 0.101. The quantitative estimate of drug-likeness (QED) is 0.167. The summed E-state index contributed by atoms with van der Waals surface area (Å²) in [5.41, 5.74) is 2.98. The van der Waals surface area contributed by atoms with Crippen LogP contribution in [0.1, 0.15) is 18.2 Å². The number of halogens is 1. The molecule has 3 aromatic rings. The van der Waals surface area contributed by atoms with Crippen LogP contribution in [-0.2, 0) is 11.2 Å². The van der Waals surface area contributed by atoms with E-state index in [1.165, 1.54) is 23.7 Å². The molecule has 32 heavy (non-hydrogen) atoms. The zero-order valence-electron chi connectivity index (χ0n) is 17.4. The summed E-state index contributed by atoms with van der Waals surface area (Å²) in [5.74, 6) is 0.272. The molecule has 0 bridgehead atoms. The van der Waals surface area contributed by atoms with E-state index in [-0.39, 0.29) is 12.3 Å². The maximum atomic E-state index is 12.2. The highest BCUT2D eigenvalue weighted by atomic mass is 35.5. The van der Waals surface area contributed by atoms with Gasteiger partial charge in [-0.1, -0.05) is 35.9 Å². The van der Waals surface area contributed by atoms with Crippen LogP contribution in [0.5, 0.6) is 0 Å². The van der Waals surface area contributed by atoms with Gasteiger partial charge in [-0.2, -0.15) is 0 Å². The zero-order valence-corrected chi connectivity index (χ0v) is 19.8. The molecule has 0 unspecified atom stereocenters. The van der Waals surface area contributed by atoms with Gasteiger partial charge in [0.05, 0.1) is 23.7 Å². The standard InChI is InChI=1S/C23H22ClN5OS2/c1-16(25-2)22(31-15-28-21(30)13-18-8-6-7-11-26-18)17-12-20(23(24)27-14-17)29-32-19-9-4-3-5-10-19/h3-12,14,29H,2,13,15H2,1H3,(H,28,30)/b22-16-. The van der Waals surface area contributed by atoms with Crippen molar-refractivity contribution in [3.63, 3.8) is 0 Å². The molecule has 2 N–H and O–H groups in total. The predicted molar refractivity (Wildman–Crippen MR) is 136 cm³/mol. The Kier molecular flexibility index (Phi) is 9.15. The summed E-state index contributed by atoms with van der Waals surface area (Å²) >= 11 is 9.19. The van der Waals surface area contributed by atoms with E-state index in [0.29, 0.717) is 16.7 Å². The number of nitrogens with one attached hydrogen (secondary N) is 2. The van der Waals surface area contributed by atoms with Crippen molar-refractivity contribution >= 4 is 58.5 Å². The summed E-state index contributed by atoms with van der Waals surface area (Å²) in [4.78, 5) is 26.7.